The van der Waals surface area contributed by atoms with Crippen molar-refractivity contribution in [3.05, 3.63) is 88.5 Å². The first-order valence-corrected chi connectivity index (χ1v) is 12.1. The summed E-state index contributed by atoms with van der Waals surface area (Å²) < 4.78 is 10.9. The molecule has 3 aromatic rings. The predicted molar refractivity (Wildman–Crippen MR) is 142 cm³/mol. The van der Waals surface area contributed by atoms with Gasteiger partial charge in [0.2, 0.25) is 0 Å². The van der Waals surface area contributed by atoms with Crippen LogP contribution in [0.25, 0.3) is 17.3 Å². The number of benzene rings is 2. The van der Waals surface area contributed by atoms with Crippen LogP contribution in [0.2, 0.25) is 0 Å². The van der Waals surface area contributed by atoms with Gasteiger partial charge in [-0.25, -0.2) is 4.79 Å². The molecule has 1 aromatic heterocycles. The molecule has 6 nitrogen and oxygen atoms in total. The second-order valence-corrected chi connectivity index (χ2v) is 9.59. The van der Waals surface area contributed by atoms with Gasteiger partial charge in [0.1, 0.15) is 16.1 Å². The molecule has 1 fully saturated rings. The summed E-state index contributed by atoms with van der Waals surface area (Å²) in [5, 5.41) is 0. The zero-order valence-corrected chi connectivity index (χ0v) is 21.2. The van der Waals surface area contributed by atoms with Crippen molar-refractivity contribution in [2.24, 2.45) is 0 Å². The van der Waals surface area contributed by atoms with Crippen LogP contribution < -0.4 is 4.74 Å². The summed E-state index contributed by atoms with van der Waals surface area (Å²) in [4.78, 5) is 32.2. The van der Waals surface area contributed by atoms with Gasteiger partial charge in [-0.2, -0.15) is 0 Å². The number of esters is 1. The van der Waals surface area contributed by atoms with Gasteiger partial charge in [0, 0.05) is 18.2 Å². The van der Waals surface area contributed by atoms with Crippen LogP contribution in [0, 0.1) is 6.92 Å². The third kappa shape index (κ3) is 5.28. The third-order valence-corrected chi connectivity index (χ3v) is 6.99. The number of hydrogen-bond donors (Lipinski definition) is 0. The van der Waals surface area contributed by atoms with Crippen molar-refractivity contribution >= 4 is 46.3 Å². The standard InChI is InChI=1S/C27H24N2O4S2/c1-17-8-7-11-20(24(17)32-2)21-13-12-19(16-28-21)15-23-25(30)29(27(34)35-23)22(26(31)33-3)14-18-9-5-4-6-10-18/h4-13,15-16,22H,14H2,1-3H3/b23-15-/t22-/m0/s1. The third-order valence-electron chi connectivity index (χ3n) is 5.66. The van der Waals surface area contributed by atoms with Crippen molar-refractivity contribution in [2.45, 2.75) is 19.4 Å². The van der Waals surface area contributed by atoms with E-state index in [1.165, 1.54) is 23.8 Å². The average molecular weight is 505 g/mol. The fourth-order valence-electron chi connectivity index (χ4n) is 3.93. The second-order valence-electron chi connectivity index (χ2n) is 7.91. The van der Waals surface area contributed by atoms with Gasteiger partial charge in [-0.1, -0.05) is 72.5 Å². The molecule has 0 radical (unpaired) electrons. The molecule has 0 unspecified atom stereocenters. The summed E-state index contributed by atoms with van der Waals surface area (Å²) in [6.45, 7) is 1.98. The normalized spacial score (nSPS) is 15.4. The molecule has 1 amide bonds. The molecule has 0 bridgehead atoms. The molecule has 2 heterocycles. The molecule has 35 heavy (non-hydrogen) atoms. The molecule has 1 aliphatic rings. The first-order chi connectivity index (χ1) is 16.9. The summed E-state index contributed by atoms with van der Waals surface area (Å²) in [5.74, 6) is -0.0545. The van der Waals surface area contributed by atoms with Crippen molar-refractivity contribution in [1.29, 1.82) is 0 Å². The lowest BCUT2D eigenvalue weighted by molar-refractivity contribution is -0.148. The smallest absolute Gasteiger partial charge is 0.329 e. The van der Waals surface area contributed by atoms with Crippen LogP contribution in [0.15, 0.2) is 71.8 Å². The Balaban J connectivity index is 1.58. The monoisotopic (exact) mass is 504 g/mol. The number of thioether (sulfide) groups is 1. The average Bonchev–Trinajstić information content (AvgIpc) is 3.15. The number of nitrogens with zero attached hydrogens (tertiary/aromatic N) is 2. The van der Waals surface area contributed by atoms with Gasteiger partial charge < -0.3 is 9.47 Å². The van der Waals surface area contributed by atoms with Crippen LogP contribution in [-0.2, 0) is 20.7 Å². The highest BCUT2D eigenvalue weighted by Gasteiger charge is 2.41. The molecule has 1 atom stereocenters. The van der Waals surface area contributed by atoms with Crippen molar-refractivity contribution in [2.75, 3.05) is 14.2 Å². The summed E-state index contributed by atoms with van der Waals surface area (Å²) in [5.41, 5.74) is 4.34. The number of rotatable bonds is 7. The Kier molecular flexibility index (Phi) is 7.63. The first-order valence-electron chi connectivity index (χ1n) is 10.9. The number of aromatic nitrogens is 1. The van der Waals surface area contributed by atoms with Crippen molar-refractivity contribution < 1.29 is 19.1 Å². The maximum Gasteiger partial charge on any atom is 0.329 e. The van der Waals surface area contributed by atoms with Crippen LogP contribution >= 0.6 is 24.0 Å². The quantitative estimate of drug-likeness (QED) is 0.253. The van der Waals surface area contributed by atoms with E-state index in [-0.39, 0.29) is 5.91 Å². The van der Waals surface area contributed by atoms with Crippen LogP contribution in [0.1, 0.15) is 16.7 Å². The van der Waals surface area contributed by atoms with Crippen molar-refractivity contribution in [3.8, 4) is 17.0 Å². The summed E-state index contributed by atoms with van der Waals surface area (Å²) in [6.07, 6.45) is 3.74. The van der Waals surface area contributed by atoms with Gasteiger partial charge in [-0.3, -0.25) is 14.7 Å². The largest absolute Gasteiger partial charge is 0.496 e. The lowest BCUT2D eigenvalue weighted by Crippen LogP contribution is -2.45. The van der Waals surface area contributed by atoms with Crippen LogP contribution in [0.5, 0.6) is 5.75 Å². The minimum Gasteiger partial charge on any atom is -0.496 e. The molecule has 8 heteroatoms. The molecule has 0 aliphatic carbocycles. The van der Waals surface area contributed by atoms with Gasteiger partial charge in [0.05, 0.1) is 24.8 Å². The summed E-state index contributed by atoms with van der Waals surface area (Å²) in [7, 11) is 2.95. The number of ether oxygens (including phenoxy) is 2. The maximum atomic E-state index is 13.3. The van der Waals surface area contributed by atoms with E-state index in [1.54, 1.807) is 19.4 Å². The number of hydrogen-bond acceptors (Lipinski definition) is 7. The Labute approximate surface area is 214 Å². The number of pyridine rings is 1. The van der Waals surface area contributed by atoms with Crippen LogP contribution in [-0.4, -0.2) is 46.3 Å². The van der Waals surface area contributed by atoms with E-state index in [9.17, 15) is 9.59 Å². The van der Waals surface area contributed by atoms with Crippen molar-refractivity contribution in [1.82, 2.24) is 9.88 Å². The molecule has 0 spiro atoms. The van der Waals surface area contributed by atoms with Crippen LogP contribution in [0.4, 0.5) is 0 Å². The first kappa shape index (κ1) is 24.6. The van der Waals surface area contributed by atoms with Gasteiger partial charge in [0.15, 0.2) is 0 Å². The maximum absolute atomic E-state index is 13.3. The zero-order valence-electron chi connectivity index (χ0n) is 19.6. The molecule has 0 saturated carbocycles. The Morgan fingerprint density at radius 1 is 1.11 bits per heavy atom. The fraction of sp³-hybridized carbons (Fsp3) is 0.185. The summed E-state index contributed by atoms with van der Waals surface area (Å²) >= 11 is 6.65. The van der Waals surface area contributed by atoms with E-state index < -0.39 is 12.0 Å². The lowest BCUT2D eigenvalue weighted by atomic mass is 10.0. The number of thiocarbonyl (C=S) groups is 1. The molecular formula is C27H24N2O4S2. The van der Waals surface area contributed by atoms with E-state index in [0.717, 1.165) is 33.7 Å². The van der Waals surface area contributed by atoms with Gasteiger partial charge in [-0.05, 0) is 41.8 Å². The topological polar surface area (TPSA) is 68.7 Å². The molecule has 4 rings (SSSR count). The lowest BCUT2D eigenvalue weighted by Gasteiger charge is -2.24. The van der Waals surface area contributed by atoms with Gasteiger partial charge in [-0.15, -0.1) is 0 Å². The molecule has 1 saturated heterocycles. The predicted octanol–water partition coefficient (Wildman–Crippen LogP) is 5.05. The SMILES string of the molecule is COC(=O)[C@H](Cc1ccccc1)N1C(=O)/C(=C/c2ccc(-c3cccc(C)c3OC)nc2)SC1=S. The highest BCUT2D eigenvalue weighted by molar-refractivity contribution is 8.26. The number of carbonyl (C=O) groups is 2. The number of methoxy groups -OCH3 is 2. The number of aryl methyl sites for hydroxylation is 1. The fourth-order valence-corrected chi connectivity index (χ4v) is 5.29. The van der Waals surface area contributed by atoms with E-state index in [0.29, 0.717) is 15.6 Å². The number of para-hydroxylation sites is 1. The highest BCUT2D eigenvalue weighted by Crippen LogP contribution is 2.36. The van der Waals surface area contributed by atoms with E-state index in [1.807, 2.05) is 67.6 Å². The Bertz CT molecular complexity index is 1290. The minimum atomic E-state index is -0.838. The Hall–Kier alpha value is -3.49. The Morgan fingerprint density at radius 3 is 2.54 bits per heavy atom. The molecule has 2 aromatic carbocycles. The van der Waals surface area contributed by atoms with Gasteiger partial charge >= 0.3 is 5.97 Å². The minimum absolute atomic E-state index is 0.307. The number of amides is 1. The van der Waals surface area contributed by atoms with E-state index >= 15 is 0 Å². The zero-order chi connectivity index (χ0) is 24.9. The van der Waals surface area contributed by atoms with E-state index in [4.69, 9.17) is 21.7 Å². The highest BCUT2D eigenvalue weighted by atomic mass is 32.2. The molecule has 1 aliphatic heterocycles. The summed E-state index contributed by atoms with van der Waals surface area (Å²) in [6, 6.07) is 18.3. The van der Waals surface area contributed by atoms with Crippen molar-refractivity contribution in [3.63, 3.8) is 0 Å². The molecule has 178 valence electrons. The van der Waals surface area contributed by atoms with E-state index in [2.05, 4.69) is 4.98 Å². The Morgan fingerprint density at radius 2 is 1.89 bits per heavy atom. The second kappa shape index (κ2) is 10.8. The number of carbonyl (C=O) groups excluding carboxylic acids is 2. The molecule has 0 N–H and O–H groups in total. The molecular weight excluding hydrogens is 480 g/mol. The van der Waals surface area contributed by atoms with Gasteiger partial charge in [0.25, 0.3) is 5.91 Å². The van der Waals surface area contributed by atoms with Crippen LogP contribution in [0.3, 0.4) is 0 Å².